The molecule has 1 atom stereocenters. The summed E-state index contributed by atoms with van der Waals surface area (Å²) in [5.74, 6) is -0.193. The zero-order valence-corrected chi connectivity index (χ0v) is 17.0. The summed E-state index contributed by atoms with van der Waals surface area (Å²) in [7, 11) is -3.62. The average molecular weight is 465 g/mol. The van der Waals surface area contributed by atoms with Crippen molar-refractivity contribution in [3.05, 3.63) is 39.3 Å². The third-order valence-electron chi connectivity index (χ3n) is 3.88. The lowest BCUT2D eigenvalue weighted by atomic mass is 9.99. The number of thiophene rings is 1. The fourth-order valence-corrected chi connectivity index (χ4v) is 6.01. The monoisotopic (exact) mass is 463 g/mol. The first kappa shape index (κ1) is 18.8. The fraction of sp³-hybridized carbons (Fsp3) is 0.333. The molecule has 1 amide bonds. The lowest BCUT2D eigenvalue weighted by molar-refractivity contribution is -0.120. The van der Waals surface area contributed by atoms with Gasteiger partial charge in [0.05, 0.1) is 10.3 Å². The summed E-state index contributed by atoms with van der Waals surface area (Å²) in [4.78, 5) is 16.6. The summed E-state index contributed by atoms with van der Waals surface area (Å²) in [5, 5.41) is 2.74. The molecule has 10 heteroatoms. The molecule has 1 N–H and O–H groups in total. The smallest absolute Gasteiger partial charge is 0.252 e. The lowest BCUT2D eigenvalue weighted by Crippen LogP contribution is -2.43. The molecule has 0 bridgehead atoms. The normalized spacial score (nSPS) is 18.9. The van der Waals surface area contributed by atoms with E-state index in [0.717, 1.165) is 15.8 Å². The first-order valence-corrected chi connectivity index (χ1v) is 11.0. The van der Waals surface area contributed by atoms with Crippen molar-refractivity contribution < 1.29 is 13.2 Å². The number of sulfonamides is 1. The van der Waals surface area contributed by atoms with Crippen LogP contribution in [0.15, 0.2) is 39.1 Å². The number of carbonyl (C=O) groups is 1. The number of nitrogens with zero attached hydrogens (tertiary/aromatic N) is 2. The number of halogens is 2. The Balaban J connectivity index is 1.70. The van der Waals surface area contributed by atoms with E-state index in [1.165, 1.54) is 10.4 Å². The molecular formula is C15H15BrClN3O3S2. The highest BCUT2D eigenvalue weighted by Crippen LogP contribution is 2.30. The van der Waals surface area contributed by atoms with Crippen LogP contribution in [0.5, 0.6) is 0 Å². The van der Waals surface area contributed by atoms with E-state index in [2.05, 4.69) is 26.2 Å². The molecule has 0 aliphatic carbocycles. The van der Waals surface area contributed by atoms with Crippen molar-refractivity contribution in [2.75, 3.05) is 18.4 Å². The number of amides is 1. The minimum absolute atomic E-state index is 0.153. The van der Waals surface area contributed by atoms with Crippen LogP contribution in [-0.2, 0) is 14.8 Å². The van der Waals surface area contributed by atoms with Gasteiger partial charge >= 0.3 is 0 Å². The molecule has 25 heavy (non-hydrogen) atoms. The van der Waals surface area contributed by atoms with E-state index >= 15 is 0 Å². The van der Waals surface area contributed by atoms with E-state index in [-0.39, 0.29) is 16.7 Å². The Morgan fingerprint density at radius 3 is 2.80 bits per heavy atom. The molecule has 3 heterocycles. The van der Waals surface area contributed by atoms with Crippen LogP contribution in [0, 0.1) is 5.92 Å². The number of aromatic nitrogens is 1. The van der Waals surface area contributed by atoms with Crippen LogP contribution in [0.1, 0.15) is 12.8 Å². The van der Waals surface area contributed by atoms with Crippen molar-refractivity contribution >= 4 is 60.6 Å². The van der Waals surface area contributed by atoms with Crippen molar-refractivity contribution in [3.8, 4) is 0 Å². The highest BCUT2D eigenvalue weighted by atomic mass is 79.9. The van der Waals surface area contributed by atoms with Crippen LogP contribution in [0.4, 0.5) is 5.82 Å². The van der Waals surface area contributed by atoms with Gasteiger partial charge in [0.1, 0.15) is 10.0 Å². The molecule has 1 fully saturated rings. The van der Waals surface area contributed by atoms with E-state index in [1.54, 1.807) is 24.4 Å². The Hall–Kier alpha value is -1.000. The lowest BCUT2D eigenvalue weighted by Gasteiger charge is -2.30. The third kappa shape index (κ3) is 4.40. The highest BCUT2D eigenvalue weighted by Gasteiger charge is 2.34. The summed E-state index contributed by atoms with van der Waals surface area (Å²) >= 11 is 10.2. The Morgan fingerprint density at radius 2 is 2.16 bits per heavy atom. The molecule has 0 radical (unpaired) electrons. The zero-order chi connectivity index (χ0) is 18.0. The predicted molar refractivity (Wildman–Crippen MR) is 101 cm³/mol. The van der Waals surface area contributed by atoms with E-state index in [0.29, 0.717) is 29.5 Å². The quantitative estimate of drug-likeness (QED) is 0.750. The molecule has 2 aromatic rings. The largest absolute Gasteiger partial charge is 0.310 e. The zero-order valence-electron chi connectivity index (χ0n) is 13.0. The van der Waals surface area contributed by atoms with Gasteiger partial charge in [-0.1, -0.05) is 11.6 Å². The highest BCUT2D eigenvalue weighted by molar-refractivity contribution is 9.10. The summed E-state index contributed by atoms with van der Waals surface area (Å²) < 4.78 is 28.2. The van der Waals surface area contributed by atoms with Gasteiger partial charge in [-0.15, -0.1) is 11.3 Å². The van der Waals surface area contributed by atoms with Gasteiger partial charge in [-0.25, -0.2) is 13.4 Å². The number of pyridine rings is 1. The van der Waals surface area contributed by atoms with E-state index in [4.69, 9.17) is 11.6 Å². The van der Waals surface area contributed by atoms with Crippen LogP contribution >= 0.6 is 38.9 Å². The average Bonchev–Trinajstić information content (AvgIpc) is 3.04. The van der Waals surface area contributed by atoms with Crippen LogP contribution < -0.4 is 5.32 Å². The SMILES string of the molecule is O=C(Nc1ccc(Br)cn1)[C@@H]1CCCN(S(=O)(=O)c2ccc(Cl)s2)C1. The molecule has 134 valence electrons. The first-order valence-electron chi connectivity index (χ1n) is 7.54. The Morgan fingerprint density at radius 1 is 1.36 bits per heavy atom. The first-order chi connectivity index (χ1) is 11.9. The third-order valence-corrected chi connectivity index (χ3v) is 7.91. The van der Waals surface area contributed by atoms with Crippen LogP contribution in [0.25, 0.3) is 0 Å². The summed E-state index contributed by atoms with van der Waals surface area (Å²) in [5.41, 5.74) is 0. The van der Waals surface area contributed by atoms with Gasteiger partial charge in [0.15, 0.2) is 0 Å². The Bertz CT molecular complexity index is 870. The maximum Gasteiger partial charge on any atom is 0.252 e. The van der Waals surface area contributed by atoms with E-state index in [9.17, 15) is 13.2 Å². The van der Waals surface area contributed by atoms with Gasteiger partial charge in [0, 0.05) is 23.8 Å². The second-order valence-corrected chi connectivity index (χ2v) is 10.4. The molecule has 6 nitrogen and oxygen atoms in total. The minimum atomic E-state index is -3.62. The van der Waals surface area contributed by atoms with Crippen molar-refractivity contribution in [3.63, 3.8) is 0 Å². The molecule has 0 spiro atoms. The van der Waals surface area contributed by atoms with Crippen LogP contribution in [0.2, 0.25) is 4.34 Å². The molecular weight excluding hydrogens is 450 g/mol. The van der Waals surface area contributed by atoms with Crippen molar-refractivity contribution in [1.82, 2.24) is 9.29 Å². The fourth-order valence-electron chi connectivity index (χ4n) is 2.62. The summed E-state index contributed by atoms with van der Waals surface area (Å²) in [6.45, 7) is 0.554. The van der Waals surface area contributed by atoms with Gasteiger partial charge in [-0.2, -0.15) is 4.31 Å². The maximum atomic E-state index is 12.7. The number of rotatable bonds is 4. The molecule has 1 aliphatic heterocycles. The second kappa shape index (κ2) is 7.71. The number of piperidine rings is 1. The van der Waals surface area contributed by atoms with Gasteiger partial charge in [-0.05, 0) is 53.0 Å². The van der Waals surface area contributed by atoms with Crippen LogP contribution in [-0.4, -0.2) is 36.7 Å². The molecule has 0 unspecified atom stereocenters. The maximum absolute atomic E-state index is 12.7. The molecule has 2 aromatic heterocycles. The Labute approximate surface area is 163 Å². The van der Waals surface area contributed by atoms with Gasteiger partial charge in [0.2, 0.25) is 5.91 Å². The number of nitrogens with one attached hydrogen (secondary N) is 1. The number of hydrogen-bond donors (Lipinski definition) is 1. The molecule has 1 saturated heterocycles. The second-order valence-electron chi connectivity index (χ2n) is 5.61. The number of anilines is 1. The van der Waals surface area contributed by atoms with Crippen molar-refractivity contribution in [1.29, 1.82) is 0 Å². The topological polar surface area (TPSA) is 79.4 Å². The van der Waals surface area contributed by atoms with Crippen molar-refractivity contribution in [2.24, 2.45) is 5.92 Å². The summed E-state index contributed by atoms with van der Waals surface area (Å²) in [6, 6.07) is 6.53. The van der Waals surface area contributed by atoms with E-state index < -0.39 is 15.9 Å². The van der Waals surface area contributed by atoms with Gasteiger partial charge in [0.25, 0.3) is 10.0 Å². The number of carbonyl (C=O) groups excluding carboxylic acids is 1. The van der Waals surface area contributed by atoms with Gasteiger partial charge < -0.3 is 5.32 Å². The molecule has 0 aromatic carbocycles. The van der Waals surface area contributed by atoms with Gasteiger partial charge in [-0.3, -0.25) is 4.79 Å². The minimum Gasteiger partial charge on any atom is -0.310 e. The molecule has 0 saturated carbocycles. The predicted octanol–water partition coefficient (Wildman–Crippen LogP) is 3.60. The Kier molecular flexibility index (Phi) is 5.79. The molecule has 1 aliphatic rings. The van der Waals surface area contributed by atoms with Crippen LogP contribution in [0.3, 0.4) is 0 Å². The van der Waals surface area contributed by atoms with Crippen molar-refractivity contribution in [2.45, 2.75) is 17.1 Å². The number of hydrogen-bond acceptors (Lipinski definition) is 5. The summed E-state index contributed by atoms with van der Waals surface area (Å²) in [6.07, 6.45) is 2.86. The van der Waals surface area contributed by atoms with E-state index in [1.807, 2.05) is 0 Å². The molecule has 3 rings (SSSR count). The standard InChI is InChI=1S/C15H15BrClN3O3S2/c16-11-3-5-13(18-8-11)19-15(21)10-2-1-7-20(9-10)25(22,23)14-6-4-12(17)24-14/h3-6,8,10H,1-2,7,9H2,(H,18,19,21)/t10-/m1/s1.